The minimum atomic E-state index is 0.253. The van der Waals surface area contributed by atoms with E-state index >= 15 is 0 Å². The van der Waals surface area contributed by atoms with E-state index in [4.69, 9.17) is 5.11 Å². The predicted octanol–water partition coefficient (Wildman–Crippen LogP) is 3.14. The van der Waals surface area contributed by atoms with Gasteiger partial charge in [0.1, 0.15) is 0 Å². The Labute approximate surface area is 81.9 Å². The van der Waals surface area contributed by atoms with Crippen molar-refractivity contribution in [2.45, 2.75) is 46.0 Å². The van der Waals surface area contributed by atoms with Crippen LogP contribution in [0, 0.1) is 11.8 Å². The molecule has 0 radical (unpaired) electrons. The Morgan fingerprint density at radius 2 is 1.92 bits per heavy atom. The number of hydrogen-bond donors (Lipinski definition) is 1. The quantitative estimate of drug-likeness (QED) is 0.665. The molecule has 1 nitrogen and oxygen atoms in total. The molecule has 0 aromatic rings. The number of aliphatic hydroxyl groups excluding tert-OH is 1. The lowest BCUT2D eigenvalue weighted by Gasteiger charge is -2.24. The Bertz CT molecular complexity index is 158. The van der Waals surface area contributed by atoms with Gasteiger partial charge in [-0.1, -0.05) is 32.8 Å². The molecule has 0 aromatic heterocycles. The molecule has 0 heterocycles. The largest absolute Gasteiger partial charge is 0.392 e. The van der Waals surface area contributed by atoms with E-state index in [1.807, 2.05) is 0 Å². The molecule has 1 N–H and O–H groups in total. The number of hydrogen-bond acceptors (Lipinski definition) is 1. The highest BCUT2D eigenvalue weighted by Gasteiger charge is 2.16. The normalized spacial score (nSPS) is 30.5. The number of rotatable bonds is 3. The van der Waals surface area contributed by atoms with Crippen LogP contribution in [0.3, 0.4) is 0 Å². The van der Waals surface area contributed by atoms with Crippen molar-refractivity contribution < 1.29 is 5.11 Å². The molecule has 0 amide bonds. The van der Waals surface area contributed by atoms with Gasteiger partial charge in [0.2, 0.25) is 0 Å². The summed E-state index contributed by atoms with van der Waals surface area (Å²) in [6.07, 6.45) is 8.69. The van der Waals surface area contributed by atoms with Gasteiger partial charge in [-0.2, -0.15) is 0 Å². The van der Waals surface area contributed by atoms with Gasteiger partial charge in [-0.3, -0.25) is 0 Å². The standard InChI is InChI=1S/C12H22O/c1-3-11(9-13)8-12-6-4-10(2)5-7-12/h8,10,12-13H,3-7,9H2,1-2H3. The van der Waals surface area contributed by atoms with Crippen LogP contribution in [0.25, 0.3) is 0 Å². The van der Waals surface area contributed by atoms with Crippen molar-refractivity contribution in [1.82, 2.24) is 0 Å². The molecule has 0 saturated heterocycles. The van der Waals surface area contributed by atoms with E-state index < -0.39 is 0 Å². The molecule has 0 atom stereocenters. The molecule has 1 fully saturated rings. The maximum Gasteiger partial charge on any atom is 0.0641 e. The number of aliphatic hydroxyl groups is 1. The molecule has 0 unspecified atom stereocenters. The van der Waals surface area contributed by atoms with E-state index in [-0.39, 0.29) is 6.61 Å². The van der Waals surface area contributed by atoms with Crippen molar-refractivity contribution in [3.05, 3.63) is 11.6 Å². The van der Waals surface area contributed by atoms with Crippen LogP contribution in [0.15, 0.2) is 11.6 Å². The lowest BCUT2D eigenvalue weighted by atomic mass is 9.82. The first kappa shape index (κ1) is 10.8. The van der Waals surface area contributed by atoms with E-state index in [9.17, 15) is 0 Å². The van der Waals surface area contributed by atoms with Gasteiger partial charge in [0, 0.05) is 0 Å². The summed E-state index contributed by atoms with van der Waals surface area (Å²) in [5.41, 5.74) is 1.22. The highest BCUT2D eigenvalue weighted by molar-refractivity contribution is 5.04. The van der Waals surface area contributed by atoms with Gasteiger partial charge in [-0.05, 0) is 36.7 Å². The van der Waals surface area contributed by atoms with Crippen LogP contribution in [0.4, 0.5) is 0 Å². The second kappa shape index (κ2) is 5.43. The topological polar surface area (TPSA) is 20.2 Å². The Hall–Kier alpha value is -0.300. The smallest absolute Gasteiger partial charge is 0.0641 e. The monoisotopic (exact) mass is 182 g/mol. The maximum absolute atomic E-state index is 9.04. The van der Waals surface area contributed by atoms with Crippen molar-refractivity contribution in [2.24, 2.45) is 11.8 Å². The first-order valence-corrected chi connectivity index (χ1v) is 5.56. The zero-order valence-electron chi connectivity index (χ0n) is 8.92. The van der Waals surface area contributed by atoms with Gasteiger partial charge in [-0.15, -0.1) is 0 Å². The van der Waals surface area contributed by atoms with Crippen molar-refractivity contribution in [2.75, 3.05) is 6.61 Å². The van der Waals surface area contributed by atoms with Gasteiger partial charge < -0.3 is 5.11 Å². The second-order valence-electron chi connectivity index (χ2n) is 4.36. The minimum absolute atomic E-state index is 0.253. The molecule has 0 spiro atoms. The molecule has 0 bridgehead atoms. The molecule has 1 aliphatic carbocycles. The van der Waals surface area contributed by atoms with Gasteiger partial charge in [-0.25, -0.2) is 0 Å². The summed E-state index contributed by atoms with van der Waals surface area (Å²) in [7, 11) is 0. The van der Waals surface area contributed by atoms with Crippen LogP contribution in [-0.4, -0.2) is 11.7 Å². The molecule has 0 aromatic carbocycles. The molecule has 1 rings (SSSR count). The number of allylic oxidation sites excluding steroid dienone is 1. The second-order valence-corrected chi connectivity index (χ2v) is 4.36. The van der Waals surface area contributed by atoms with Crippen LogP contribution >= 0.6 is 0 Å². The molecule has 76 valence electrons. The predicted molar refractivity (Wildman–Crippen MR) is 56.6 cm³/mol. The average Bonchev–Trinajstić information content (AvgIpc) is 2.17. The third-order valence-corrected chi connectivity index (χ3v) is 3.19. The van der Waals surface area contributed by atoms with Crippen molar-refractivity contribution in [3.63, 3.8) is 0 Å². The van der Waals surface area contributed by atoms with Gasteiger partial charge in [0.25, 0.3) is 0 Å². The van der Waals surface area contributed by atoms with Crippen LogP contribution in [0.1, 0.15) is 46.0 Å². The lowest BCUT2D eigenvalue weighted by molar-refractivity contribution is 0.312. The molecule has 1 saturated carbocycles. The van der Waals surface area contributed by atoms with E-state index in [2.05, 4.69) is 19.9 Å². The fourth-order valence-corrected chi connectivity index (χ4v) is 2.07. The molecule has 0 aliphatic heterocycles. The molecule has 13 heavy (non-hydrogen) atoms. The third kappa shape index (κ3) is 3.51. The fraction of sp³-hybridized carbons (Fsp3) is 0.833. The van der Waals surface area contributed by atoms with Crippen molar-refractivity contribution in [3.8, 4) is 0 Å². The Kier molecular flexibility index (Phi) is 4.51. The fourth-order valence-electron chi connectivity index (χ4n) is 2.07. The summed E-state index contributed by atoms with van der Waals surface area (Å²) in [6, 6.07) is 0. The summed E-state index contributed by atoms with van der Waals surface area (Å²) in [6.45, 7) is 4.71. The zero-order valence-corrected chi connectivity index (χ0v) is 8.92. The molecule has 1 heteroatoms. The Morgan fingerprint density at radius 1 is 1.31 bits per heavy atom. The van der Waals surface area contributed by atoms with E-state index in [1.54, 1.807) is 0 Å². The summed E-state index contributed by atoms with van der Waals surface area (Å²) in [5, 5.41) is 9.04. The van der Waals surface area contributed by atoms with Crippen molar-refractivity contribution >= 4 is 0 Å². The highest BCUT2D eigenvalue weighted by atomic mass is 16.3. The van der Waals surface area contributed by atoms with E-state index in [0.29, 0.717) is 0 Å². The summed E-state index contributed by atoms with van der Waals surface area (Å²) < 4.78 is 0. The summed E-state index contributed by atoms with van der Waals surface area (Å²) >= 11 is 0. The van der Waals surface area contributed by atoms with Crippen molar-refractivity contribution in [1.29, 1.82) is 0 Å². The zero-order chi connectivity index (χ0) is 9.68. The van der Waals surface area contributed by atoms with E-state index in [0.717, 1.165) is 18.3 Å². The average molecular weight is 182 g/mol. The molecule has 1 aliphatic rings. The summed E-state index contributed by atoms with van der Waals surface area (Å²) in [5.74, 6) is 1.67. The van der Waals surface area contributed by atoms with Crippen LogP contribution in [0.5, 0.6) is 0 Å². The SMILES string of the molecule is CCC(=CC1CCC(C)CC1)CO. The Balaban J connectivity index is 2.40. The molecular formula is C12H22O. The third-order valence-electron chi connectivity index (χ3n) is 3.19. The van der Waals surface area contributed by atoms with Gasteiger partial charge in [0.15, 0.2) is 0 Å². The first-order valence-electron chi connectivity index (χ1n) is 5.56. The van der Waals surface area contributed by atoms with Crippen LogP contribution in [0.2, 0.25) is 0 Å². The first-order chi connectivity index (χ1) is 6.26. The summed E-state index contributed by atoms with van der Waals surface area (Å²) in [4.78, 5) is 0. The Morgan fingerprint density at radius 3 is 2.38 bits per heavy atom. The molecular weight excluding hydrogens is 160 g/mol. The van der Waals surface area contributed by atoms with E-state index in [1.165, 1.54) is 31.3 Å². The van der Waals surface area contributed by atoms with Crippen LogP contribution in [-0.2, 0) is 0 Å². The van der Waals surface area contributed by atoms with Crippen LogP contribution < -0.4 is 0 Å². The minimum Gasteiger partial charge on any atom is -0.392 e. The lowest BCUT2D eigenvalue weighted by Crippen LogP contribution is -2.11. The van der Waals surface area contributed by atoms with Gasteiger partial charge in [0.05, 0.1) is 6.61 Å². The maximum atomic E-state index is 9.04. The van der Waals surface area contributed by atoms with Gasteiger partial charge >= 0.3 is 0 Å². The highest BCUT2D eigenvalue weighted by Crippen LogP contribution is 2.29.